The van der Waals surface area contributed by atoms with Crippen LogP contribution in [0.2, 0.25) is 0 Å². The number of hydrogen-bond donors (Lipinski definition) is 3. The molecule has 396 valence electrons. The van der Waals surface area contributed by atoms with Gasteiger partial charge >= 0.3 is 52.9 Å². The maximum absolute atomic E-state index is 13.8. The van der Waals surface area contributed by atoms with Crippen molar-refractivity contribution in [2.24, 2.45) is 29.5 Å². The Morgan fingerprint density at radius 1 is 0.541 bits per heavy atom. The van der Waals surface area contributed by atoms with Gasteiger partial charge < -0.3 is 26.5 Å². The van der Waals surface area contributed by atoms with Gasteiger partial charge in [0.05, 0.1) is 28.4 Å². The van der Waals surface area contributed by atoms with Gasteiger partial charge in [0.2, 0.25) is 0 Å². The number of hydrogen-bond acceptors (Lipinski definition) is 11. The quantitative estimate of drug-likeness (QED) is 0.0904. The van der Waals surface area contributed by atoms with E-state index in [9.17, 15) is 33.9 Å². The Bertz CT molecular complexity index is 2830. The predicted molar refractivity (Wildman–Crippen MR) is 279 cm³/mol. The molecule has 2 aromatic heterocycles. The van der Waals surface area contributed by atoms with Crippen LogP contribution in [0, 0.1) is 23.7 Å². The number of para-hydroxylation sites is 2. The summed E-state index contributed by atoms with van der Waals surface area (Å²) in [5, 5.41) is 17.3. The van der Waals surface area contributed by atoms with Crippen LogP contribution in [-0.4, -0.2) is 93.2 Å². The molecule has 4 aliphatic carbocycles. The summed E-state index contributed by atoms with van der Waals surface area (Å²) in [7, 11) is 0. The predicted octanol–water partition coefficient (Wildman–Crippen LogP) is 4.65. The van der Waals surface area contributed by atoms with Crippen molar-refractivity contribution >= 4 is 33.7 Å². The Morgan fingerprint density at radius 3 is 1.26 bits per heavy atom. The van der Waals surface area contributed by atoms with E-state index >= 15 is 0 Å². The summed E-state index contributed by atoms with van der Waals surface area (Å²) in [6, 6.07) is 16.8. The number of carbonyl (C=O) groups is 2. The average molecular weight is 1030 g/mol. The molecule has 0 radical (unpaired) electrons. The zero-order chi connectivity index (χ0) is 50.9. The molecule has 0 amide bonds. The minimum absolute atomic E-state index is 0. The number of carbonyl (C=O) groups excluding carboxylic acids is 1. The maximum Gasteiger partial charge on any atom is 1.00 e. The van der Waals surface area contributed by atoms with Crippen molar-refractivity contribution in [3.63, 3.8) is 0 Å². The van der Waals surface area contributed by atoms with Gasteiger partial charge in [-0.15, -0.1) is 0 Å². The molecule has 17 nitrogen and oxygen atoms in total. The molecule has 8 fully saturated rings. The van der Waals surface area contributed by atoms with Crippen LogP contribution in [0.5, 0.6) is 0 Å². The number of ether oxygens (including phenoxy) is 1. The molecule has 2 aromatic carbocycles. The largest absolute Gasteiger partial charge is 1.00 e. The van der Waals surface area contributed by atoms with Gasteiger partial charge in [-0.1, -0.05) is 75.6 Å². The third-order valence-electron chi connectivity index (χ3n) is 18.8. The smallest absolute Gasteiger partial charge is 0.488 e. The zero-order valence-corrected chi connectivity index (χ0v) is 45.7. The van der Waals surface area contributed by atoms with Crippen LogP contribution in [0.15, 0.2) is 67.7 Å². The Morgan fingerprint density at radius 2 is 0.892 bits per heavy atom. The fraction of sp³-hybridized carbons (Fsp3) is 0.679. The van der Waals surface area contributed by atoms with Gasteiger partial charge in [-0.3, -0.25) is 47.2 Å². The van der Waals surface area contributed by atoms with E-state index in [1.165, 1.54) is 108 Å². The van der Waals surface area contributed by atoms with Crippen molar-refractivity contribution in [3.8, 4) is 0 Å². The third-order valence-corrected chi connectivity index (χ3v) is 18.8. The molecular weight excluding hydrogens is 952 g/mol. The first-order valence-corrected chi connectivity index (χ1v) is 27.9. The topological polar surface area (TPSA) is 218 Å². The molecule has 12 atom stereocenters. The molecule has 4 saturated heterocycles. The number of piperidine rings is 4. The normalized spacial score (nSPS) is 31.4. The maximum atomic E-state index is 13.8. The number of rotatable bonds is 9. The Balaban J connectivity index is 0.000000171. The number of esters is 1. The molecule has 18 heteroatoms. The van der Waals surface area contributed by atoms with Crippen LogP contribution in [0.3, 0.4) is 0 Å². The van der Waals surface area contributed by atoms with Crippen LogP contribution in [0.4, 0.5) is 0 Å². The number of benzene rings is 2. The Hall–Kier alpha value is -3.94. The van der Waals surface area contributed by atoms with Gasteiger partial charge in [0.15, 0.2) is 0 Å². The molecule has 74 heavy (non-hydrogen) atoms. The Kier molecular flexibility index (Phi) is 17.9. The summed E-state index contributed by atoms with van der Waals surface area (Å²) in [6.07, 6.45) is 26.8. The molecule has 6 heterocycles. The summed E-state index contributed by atoms with van der Waals surface area (Å²) in [4.78, 5) is 84.0. The van der Waals surface area contributed by atoms with Gasteiger partial charge in [-0.05, 0) is 145 Å². The fourth-order valence-electron chi connectivity index (χ4n) is 16.4. The van der Waals surface area contributed by atoms with Gasteiger partial charge in [0.25, 0.3) is 11.1 Å². The van der Waals surface area contributed by atoms with Crippen LogP contribution >= 0.6 is 0 Å². The molecule has 12 rings (SSSR count). The van der Waals surface area contributed by atoms with Crippen LogP contribution in [-0.2, 0) is 27.4 Å². The molecule has 4 saturated carbocycles. The molecule has 0 spiro atoms. The standard InChI is InChI=1S/C29H39N3O4.C27H35N3O4.H3N2O.Na/c1-2-36-27(33)18-30-26-12-4-3-11-25(26)28(34)32(29(30)35)24-16-21-9-6-10-22(17-24)31(21)23-14-19-7-5-8-20(13-19)15-23;31-25(32)16-28-24-10-2-1-9-23(24)26(33)30(27(28)34)22-14-19-7-4-8-20(15-22)29(19)21-12-17-5-3-6-18(11-17)13-21;1-2-3;/h3-4,11-12,19-24H,2,5-10,13-18H2,1H3;1-2,9-10,17-22H,3-8,11-16H2,(H,31,32);3H,1H2;/q;;-1;+1/t19-,20+,21-,22+,23?,24?;17-,18+,19-,20+,21?,22?;;. The van der Waals surface area contributed by atoms with E-state index in [1.807, 2.05) is 11.7 Å². The first-order valence-electron chi connectivity index (χ1n) is 27.9. The van der Waals surface area contributed by atoms with E-state index in [1.54, 1.807) is 49.4 Å². The van der Waals surface area contributed by atoms with Crippen molar-refractivity contribution in [1.82, 2.24) is 28.1 Å². The zero-order valence-electron chi connectivity index (χ0n) is 43.7. The van der Waals surface area contributed by atoms with Crippen molar-refractivity contribution in [3.05, 3.63) is 95.8 Å². The van der Waals surface area contributed by atoms with Crippen molar-refractivity contribution in [1.29, 1.82) is 0 Å². The molecule has 4 aromatic rings. The van der Waals surface area contributed by atoms with E-state index in [0.717, 1.165) is 75.0 Å². The average Bonchev–Trinajstić information content (AvgIpc) is 3.36. The minimum atomic E-state index is -1.08. The van der Waals surface area contributed by atoms with Crippen molar-refractivity contribution in [2.45, 2.75) is 210 Å². The van der Waals surface area contributed by atoms with Crippen molar-refractivity contribution < 1.29 is 54.2 Å². The summed E-state index contributed by atoms with van der Waals surface area (Å²) < 4.78 is 10.7. The second-order valence-electron chi connectivity index (χ2n) is 23.1. The monoisotopic (exact) mass is 1030 g/mol. The van der Waals surface area contributed by atoms with E-state index in [2.05, 4.69) is 15.6 Å². The summed E-state index contributed by atoms with van der Waals surface area (Å²) >= 11 is 0. The van der Waals surface area contributed by atoms with Gasteiger partial charge in [-0.2, -0.15) is 0 Å². The number of carboxylic acid groups (broad SMARTS) is 1. The van der Waals surface area contributed by atoms with Crippen LogP contribution < -0.4 is 57.9 Å². The molecular formula is C56H77N8NaO9. The second-order valence-corrected chi connectivity index (χ2v) is 23.1. The van der Waals surface area contributed by atoms with E-state index in [-0.39, 0.29) is 71.6 Å². The first kappa shape index (κ1) is 54.8. The fourth-order valence-corrected chi connectivity index (χ4v) is 16.4. The summed E-state index contributed by atoms with van der Waals surface area (Å²) in [5.41, 5.74) is 1.56. The van der Waals surface area contributed by atoms with E-state index in [0.29, 0.717) is 58.1 Å². The van der Waals surface area contributed by atoms with Crippen molar-refractivity contribution in [2.75, 3.05) is 6.61 Å². The van der Waals surface area contributed by atoms with Gasteiger partial charge in [0, 0.05) is 48.3 Å². The number of aromatic nitrogens is 4. The van der Waals surface area contributed by atoms with E-state index < -0.39 is 24.2 Å². The number of fused-ring (bicyclic) bond motifs is 10. The van der Waals surface area contributed by atoms with E-state index in [4.69, 9.17) is 9.94 Å². The number of aliphatic carboxylic acids is 1. The second kappa shape index (κ2) is 24.2. The van der Waals surface area contributed by atoms with Crippen LogP contribution in [0.1, 0.15) is 160 Å². The minimum Gasteiger partial charge on any atom is -0.488 e. The number of nitrogens with two attached hydrogens (primary N) is 1. The Labute approximate surface area is 455 Å². The van der Waals surface area contributed by atoms with Gasteiger partial charge in [-0.25, -0.2) is 9.59 Å². The SMILES string of the molecule is CCOC(=O)Cn1c(=O)n(C2C[C@H]3CCC[C@@H](C2)N3C2C[C@H]3CCC[C@@H](C2)C3)c(=O)c2ccccc21.N[N-]O.O=C(O)Cn1c(=O)n(C2C[C@H]3CCC[C@@H](C2)N3C2C[C@H]3CCC[C@@H](C2)C3)c(=O)c2ccccc21.[Na+]. The number of carboxylic acids is 1. The van der Waals surface area contributed by atoms with Crippen LogP contribution in [0.25, 0.3) is 27.4 Å². The summed E-state index contributed by atoms with van der Waals surface area (Å²) in [5.74, 6) is 6.03. The first-order chi connectivity index (χ1) is 35.4. The number of nitrogens with zero attached hydrogens (tertiary/aromatic N) is 7. The summed E-state index contributed by atoms with van der Waals surface area (Å²) in [6.45, 7) is 1.40. The molecule has 8 bridgehead atoms. The molecule has 8 aliphatic rings. The van der Waals surface area contributed by atoms with Gasteiger partial charge in [0.1, 0.15) is 13.1 Å². The molecule has 4 unspecified atom stereocenters. The molecule has 4 aliphatic heterocycles. The third kappa shape index (κ3) is 11.2. The molecule has 4 N–H and O–H groups in total.